The van der Waals surface area contributed by atoms with Crippen LogP contribution < -0.4 is 5.73 Å². The van der Waals surface area contributed by atoms with Gasteiger partial charge in [-0.1, -0.05) is 34.4 Å². The highest BCUT2D eigenvalue weighted by molar-refractivity contribution is 9.11. The summed E-state index contributed by atoms with van der Waals surface area (Å²) in [6.45, 7) is 0. The van der Waals surface area contributed by atoms with Crippen LogP contribution in [0.2, 0.25) is 10.0 Å². The van der Waals surface area contributed by atoms with E-state index in [1.54, 1.807) is 18.2 Å². The first-order valence-electron chi connectivity index (χ1n) is 5.52. The molecule has 3 rings (SSSR count). The minimum Gasteiger partial charge on any atom is -0.380 e. The zero-order valence-corrected chi connectivity index (χ0v) is 13.8. The maximum absolute atomic E-state index is 6.24. The normalized spacial score (nSPS) is 10.9. The molecule has 0 spiro atoms. The van der Waals surface area contributed by atoms with Crippen molar-refractivity contribution in [3.05, 3.63) is 44.2 Å². The van der Waals surface area contributed by atoms with Crippen LogP contribution in [0, 0.1) is 0 Å². The summed E-state index contributed by atoms with van der Waals surface area (Å²) in [6, 6.07) is 9.09. The Morgan fingerprint density at radius 2 is 2.00 bits per heavy atom. The monoisotopic (exact) mass is 388 g/mol. The Labute approximate surface area is 137 Å². The quantitative estimate of drug-likeness (QED) is 0.609. The van der Waals surface area contributed by atoms with Gasteiger partial charge < -0.3 is 10.3 Å². The van der Waals surface area contributed by atoms with E-state index < -0.39 is 0 Å². The molecule has 0 fully saturated rings. The number of benzene rings is 1. The molecule has 7 heteroatoms. The van der Waals surface area contributed by atoms with Crippen LogP contribution in [-0.4, -0.2) is 5.16 Å². The van der Waals surface area contributed by atoms with Gasteiger partial charge in [0.25, 0.3) is 0 Å². The van der Waals surface area contributed by atoms with Crippen LogP contribution in [0.5, 0.6) is 0 Å². The lowest BCUT2D eigenvalue weighted by molar-refractivity contribution is 0.437. The number of thiophene rings is 1. The minimum absolute atomic E-state index is 0.300. The van der Waals surface area contributed by atoms with Crippen molar-refractivity contribution in [2.75, 3.05) is 5.73 Å². The summed E-state index contributed by atoms with van der Waals surface area (Å²) in [4.78, 5) is 0.919. The van der Waals surface area contributed by atoms with Crippen LogP contribution in [0.25, 0.3) is 21.8 Å². The van der Waals surface area contributed by atoms with Gasteiger partial charge in [0.2, 0.25) is 0 Å². The van der Waals surface area contributed by atoms with Gasteiger partial charge in [-0.05, 0) is 40.2 Å². The number of anilines is 1. The molecular formula is C13H7BrCl2N2OS. The second-order valence-corrected chi connectivity index (χ2v) is 7.31. The zero-order chi connectivity index (χ0) is 14.3. The molecule has 0 saturated heterocycles. The Morgan fingerprint density at radius 3 is 2.65 bits per heavy atom. The van der Waals surface area contributed by atoms with E-state index in [4.69, 9.17) is 33.5 Å². The highest BCUT2D eigenvalue weighted by Gasteiger charge is 2.21. The van der Waals surface area contributed by atoms with Gasteiger partial charge >= 0.3 is 0 Å². The molecule has 0 bridgehead atoms. The molecule has 3 nitrogen and oxygen atoms in total. The van der Waals surface area contributed by atoms with E-state index in [9.17, 15) is 0 Å². The fourth-order valence-electron chi connectivity index (χ4n) is 1.86. The number of aromatic nitrogens is 1. The molecule has 0 atom stereocenters. The average molecular weight is 390 g/mol. The van der Waals surface area contributed by atoms with Gasteiger partial charge in [0.15, 0.2) is 11.6 Å². The van der Waals surface area contributed by atoms with Gasteiger partial charge in [-0.15, -0.1) is 11.3 Å². The lowest BCUT2D eigenvalue weighted by atomic mass is 10.1. The van der Waals surface area contributed by atoms with Gasteiger partial charge in [0.05, 0.1) is 19.2 Å². The van der Waals surface area contributed by atoms with Gasteiger partial charge in [-0.2, -0.15) is 0 Å². The molecule has 1 aromatic carbocycles. The molecule has 2 aromatic heterocycles. The van der Waals surface area contributed by atoms with Gasteiger partial charge in [0.1, 0.15) is 0 Å². The Morgan fingerprint density at radius 1 is 1.20 bits per heavy atom. The molecule has 3 aromatic rings. The molecule has 2 heterocycles. The van der Waals surface area contributed by atoms with Crippen molar-refractivity contribution in [2.45, 2.75) is 0 Å². The Balaban J connectivity index is 2.21. The topological polar surface area (TPSA) is 52.0 Å². The van der Waals surface area contributed by atoms with E-state index in [-0.39, 0.29) is 0 Å². The molecule has 0 aliphatic heterocycles. The van der Waals surface area contributed by atoms with Crippen LogP contribution in [0.3, 0.4) is 0 Å². The number of hydrogen-bond donors (Lipinski definition) is 1. The average Bonchev–Trinajstić information content (AvgIpc) is 2.96. The summed E-state index contributed by atoms with van der Waals surface area (Å²) in [6.07, 6.45) is 0. The van der Waals surface area contributed by atoms with Crippen LogP contribution >= 0.6 is 50.5 Å². The fourth-order valence-corrected chi connectivity index (χ4v) is 3.73. The molecule has 0 radical (unpaired) electrons. The summed E-state index contributed by atoms with van der Waals surface area (Å²) in [7, 11) is 0. The molecule has 0 unspecified atom stereocenters. The van der Waals surface area contributed by atoms with E-state index >= 15 is 0 Å². The third-order valence-corrected chi connectivity index (χ3v) is 4.89. The van der Waals surface area contributed by atoms with Gasteiger partial charge in [0, 0.05) is 10.6 Å². The number of nitrogen functional groups attached to an aromatic ring is 1. The van der Waals surface area contributed by atoms with E-state index in [1.165, 1.54) is 11.3 Å². The van der Waals surface area contributed by atoms with Crippen molar-refractivity contribution < 1.29 is 4.52 Å². The maximum atomic E-state index is 6.24. The van der Waals surface area contributed by atoms with E-state index in [0.717, 1.165) is 14.2 Å². The van der Waals surface area contributed by atoms with Crippen molar-refractivity contribution in [2.24, 2.45) is 0 Å². The first kappa shape index (κ1) is 13.9. The first-order chi connectivity index (χ1) is 9.56. The standard InChI is InChI=1S/C13H7BrCl2N2OS/c14-10-4-3-9(20-10)12-11(13(17)18-19-12)7-2-1-6(15)5-8(7)16/h1-5H,(H2,17,18). The van der Waals surface area contributed by atoms with Crippen LogP contribution in [0.4, 0.5) is 5.82 Å². The maximum Gasteiger partial charge on any atom is 0.186 e. The summed E-state index contributed by atoms with van der Waals surface area (Å²) in [5.74, 6) is 0.899. The Hall–Kier alpha value is -1.01. The molecule has 0 aliphatic rings. The third-order valence-electron chi connectivity index (χ3n) is 2.72. The smallest absolute Gasteiger partial charge is 0.186 e. The summed E-state index contributed by atoms with van der Waals surface area (Å²) in [5.41, 5.74) is 7.35. The van der Waals surface area contributed by atoms with Crippen molar-refractivity contribution in [1.29, 1.82) is 0 Å². The number of nitrogens with two attached hydrogens (primary N) is 1. The molecule has 0 saturated carbocycles. The first-order valence-corrected chi connectivity index (χ1v) is 7.89. The van der Waals surface area contributed by atoms with Gasteiger partial charge in [-0.3, -0.25) is 0 Å². The van der Waals surface area contributed by atoms with Gasteiger partial charge in [-0.25, -0.2) is 0 Å². The number of halogens is 3. The molecule has 2 N–H and O–H groups in total. The molecule has 20 heavy (non-hydrogen) atoms. The number of rotatable bonds is 2. The summed E-state index contributed by atoms with van der Waals surface area (Å²) >= 11 is 17.1. The summed E-state index contributed by atoms with van der Waals surface area (Å²) in [5, 5.41) is 4.91. The second-order valence-electron chi connectivity index (χ2n) is 4.00. The third kappa shape index (κ3) is 2.46. The highest BCUT2D eigenvalue weighted by atomic mass is 79.9. The van der Waals surface area contributed by atoms with E-state index in [0.29, 0.717) is 27.2 Å². The van der Waals surface area contributed by atoms with E-state index in [2.05, 4.69) is 21.1 Å². The van der Waals surface area contributed by atoms with Crippen molar-refractivity contribution in [1.82, 2.24) is 5.16 Å². The second kappa shape index (κ2) is 5.41. The van der Waals surface area contributed by atoms with Crippen LogP contribution in [0.1, 0.15) is 0 Å². The molecule has 0 aliphatic carbocycles. The number of hydrogen-bond acceptors (Lipinski definition) is 4. The highest BCUT2D eigenvalue weighted by Crippen LogP contribution is 2.43. The van der Waals surface area contributed by atoms with Crippen molar-refractivity contribution in [3.63, 3.8) is 0 Å². The zero-order valence-electron chi connectivity index (χ0n) is 9.86. The molecule has 0 amide bonds. The van der Waals surface area contributed by atoms with Crippen LogP contribution in [0.15, 0.2) is 38.6 Å². The van der Waals surface area contributed by atoms with Crippen molar-refractivity contribution in [3.8, 4) is 21.8 Å². The number of nitrogens with zero attached hydrogens (tertiary/aromatic N) is 1. The lowest BCUT2D eigenvalue weighted by Gasteiger charge is -2.04. The van der Waals surface area contributed by atoms with E-state index in [1.807, 2.05) is 12.1 Å². The minimum atomic E-state index is 0.300. The molecule has 102 valence electrons. The van der Waals surface area contributed by atoms with Crippen LogP contribution in [-0.2, 0) is 0 Å². The Bertz CT molecular complexity index is 785. The Kier molecular flexibility index (Phi) is 3.77. The molecular weight excluding hydrogens is 383 g/mol. The SMILES string of the molecule is Nc1noc(-c2ccc(Br)s2)c1-c1ccc(Cl)cc1Cl. The predicted molar refractivity (Wildman–Crippen MR) is 87.4 cm³/mol. The lowest BCUT2D eigenvalue weighted by Crippen LogP contribution is -1.89. The fraction of sp³-hybridized carbons (Fsp3) is 0. The predicted octanol–water partition coefficient (Wildman–Crippen LogP) is 5.72. The largest absolute Gasteiger partial charge is 0.380 e. The van der Waals surface area contributed by atoms with Crippen molar-refractivity contribution >= 4 is 56.3 Å². The summed E-state index contributed by atoms with van der Waals surface area (Å²) < 4.78 is 6.35.